The Morgan fingerprint density at radius 1 is 1.21 bits per heavy atom. The van der Waals surface area contributed by atoms with Crippen molar-refractivity contribution in [3.05, 3.63) is 35.4 Å². The first kappa shape index (κ1) is 16.1. The van der Waals surface area contributed by atoms with Crippen LogP contribution in [0.5, 0.6) is 0 Å². The molecule has 4 rings (SSSR count). The average molecular weight is 327 g/mol. The number of carbonyl (C=O) groups is 1. The minimum Gasteiger partial charge on any atom is -0.390 e. The number of carbonyl (C=O) groups excluding carboxylic acids is 1. The second-order valence-electron chi connectivity index (χ2n) is 8.88. The molecule has 2 saturated carbocycles. The number of fused-ring (bicyclic) bond motifs is 5. The fourth-order valence-corrected chi connectivity index (χ4v) is 5.34. The summed E-state index contributed by atoms with van der Waals surface area (Å²) in [6.45, 7) is 5.61. The van der Waals surface area contributed by atoms with Crippen molar-refractivity contribution in [3.8, 4) is 0 Å². The molecular formula is C21H29NO2. The van der Waals surface area contributed by atoms with Gasteiger partial charge in [-0.2, -0.15) is 0 Å². The second kappa shape index (κ2) is 5.87. The van der Waals surface area contributed by atoms with Gasteiger partial charge in [0.25, 0.3) is 5.91 Å². The molecule has 130 valence electrons. The summed E-state index contributed by atoms with van der Waals surface area (Å²) in [7, 11) is 0. The lowest BCUT2D eigenvalue weighted by molar-refractivity contribution is 0.0714. The van der Waals surface area contributed by atoms with E-state index >= 15 is 0 Å². The molecule has 24 heavy (non-hydrogen) atoms. The molecule has 3 heteroatoms. The van der Waals surface area contributed by atoms with Crippen LogP contribution >= 0.6 is 0 Å². The van der Waals surface area contributed by atoms with Gasteiger partial charge in [-0.05, 0) is 87.3 Å². The lowest BCUT2D eigenvalue weighted by Crippen LogP contribution is -2.30. The molecule has 1 saturated heterocycles. The van der Waals surface area contributed by atoms with Crippen LogP contribution in [0.25, 0.3) is 0 Å². The van der Waals surface area contributed by atoms with E-state index in [0.717, 1.165) is 54.3 Å². The van der Waals surface area contributed by atoms with Crippen molar-refractivity contribution in [1.29, 1.82) is 0 Å². The van der Waals surface area contributed by atoms with Crippen LogP contribution in [-0.4, -0.2) is 34.6 Å². The molecule has 1 aliphatic heterocycles. The maximum absolute atomic E-state index is 12.9. The summed E-state index contributed by atoms with van der Waals surface area (Å²) in [6, 6.07) is 8.00. The monoisotopic (exact) mass is 327 g/mol. The van der Waals surface area contributed by atoms with Crippen LogP contribution in [0.4, 0.5) is 0 Å². The molecule has 3 nitrogen and oxygen atoms in total. The Kier molecular flexibility index (Phi) is 3.95. The van der Waals surface area contributed by atoms with Crippen molar-refractivity contribution in [2.75, 3.05) is 13.1 Å². The topological polar surface area (TPSA) is 40.5 Å². The summed E-state index contributed by atoms with van der Waals surface area (Å²) in [5.41, 5.74) is 1.30. The number of benzene rings is 1. The van der Waals surface area contributed by atoms with Gasteiger partial charge in [-0.3, -0.25) is 4.79 Å². The molecule has 0 spiro atoms. The van der Waals surface area contributed by atoms with Crippen molar-refractivity contribution in [2.45, 2.75) is 51.6 Å². The van der Waals surface area contributed by atoms with Crippen LogP contribution in [0.2, 0.25) is 0 Å². The highest BCUT2D eigenvalue weighted by atomic mass is 16.3. The van der Waals surface area contributed by atoms with Crippen LogP contribution in [-0.2, 0) is 6.42 Å². The first-order valence-electron chi connectivity index (χ1n) is 9.51. The normalized spacial score (nSPS) is 31.5. The molecule has 1 aromatic rings. The Morgan fingerprint density at radius 2 is 1.88 bits per heavy atom. The summed E-state index contributed by atoms with van der Waals surface area (Å²) in [5.74, 6) is 3.51. The summed E-state index contributed by atoms with van der Waals surface area (Å²) in [4.78, 5) is 15.0. The minimum absolute atomic E-state index is 0.203. The number of likely N-dealkylation sites (tertiary alicyclic amines) is 1. The van der Waals surface area contributed by atoms with Gasteiger partial charge < -0.3 is 10.0 Å². The second-order valence-corrected chi connectivity index (χ2v) is 8.88. The zero-order valence-electron chi connectivity index (χ0n) is 14.9. The Hall–Kier alpha value is -1.35. The van der Waals surface area contributed by atoms with Crippen molar-refractivity contribution < 1.29 is 9.90 Å². The number of aryl methyl sites for hydroxylation is 1. The zero-order valence-corrected chi connectivity index (χ0v) is 14.9. The van der Waals surface area contributed by atoms with E-state index in [-0.39, 0.29) is 5.91 Å². The lowest BCUT2D eigenvalue weighted by Gasteiger charge is -2.22. The zero-order chi connectivity index (χ0) is 16.9. The van der Waals surface area contributed by atoms with Gasteiger partial charge in [-0.1, -0.05) is 12.1 Å². The molecule has 2 aliphatic carbocycles. The third-order valence-corrected chi connectivity index (χ3v) is 6.62. The van der Waals surface area contributed by atoms with Gasteiger partial charge in [0, 0.05) is 18.7 Å². The highest BCUT2D eigenvalue weighted by Gasteiger charge is 2.52. The van der Waals surface area contributed by atoms with E-state index in [0.29, 0.717) is 6.42 Å². The van der Waals surface area contributed by atoms with Crippen LogP contribution in [0.3, 0.4) is 0 Å². The van der Waals surface area contributed by atoms with Gasteiger partial charge in [0.15, 0.2) is 0 Å². The van der Waals surface area contributed by atoms with Crippen molar-refractivity contribution in [3.63, 3.8) is 0 Å². The fourth-order valence-electron chi connectivity index (χ4n) is 5.34. The summed E-state index contributed by atoms with van der Waals surface area (Å²) >= 11 is 0. The highest BCUT2D eigenvalue weighted by Crippen LogP contribution is 2.55. The predicted molar refractivity (Wildman–Crippen MR) is 94.8 cm³/mol. The number of hydrogen-bond acceptors (Lipinski definition) is 2. The van der Waals surface area contributed by atoms with E-state index in [2.05, 4.69) is 11.0 Å². The summed E-state index contributed by atoms with van der Waals surface area (Å²) in [6.07, 6.45) is 5.71. The fraction of sp³-hybridized carbons (Fsp3) is 0.667. The van der Waals surface area contributed by atoms with Gasteiger partial charge in [0.2, 0.25) is 0 Å². The number of nitrogens with zero attached hydrogens (tertiary/aromatic N) is 1. The third kappa shape index (κ3) is 2.99. The van der Waals surface area contributed by atoms with E-state index in [1.807, 2.05) is 32.0 Å². The largest absolute Gasteiger partial charge is 0.390 e. The molecule has 0 aromatic heterocycles. The Balaban J connectivity index is 1.43. The number of aliphatic hydroxyl groups is 1. The summed E-state index contributed by atoms with van der Waals surface area (Å²) < 4.78 is 0. The Bertz CT molecular complexity index is 615. The van der Waals surface area contributed by atoms with Gasteiger partial charge >= 0.3 is 0 Å². The molecule has 1 heterocycles. The van der Waals surface area contributed by atoms with Crippen molar-refractivity contribution in [2.24, 2.45) is 23.7 Å². The maximum Gasteiger partial charge on any atom is 0.253 e. The van der Waals surface area contributed by atoms with Gasteiger partial charge in [0.1, 0.15) is 0 Å². The summed E-state index contributed by atoms with van der Waals surface area (Å²) in [5, 5.41) is 9.90. The van der Waals surface area contributed by atoms with Gasteiger partial charge in [-0.15, -0.1) is 0 Å². The molecule has 3 aliphatic rings. The van der Waals surface area contributed by atoms with Crippen molar-refractivity contribution in [1.82, 2.24) is 4.90 Å². The lowest BCUT2D eigenvalue weighted by atomic mass is 9.82. The molecule has 1 aromatic carbocycles. The predicted octanol–water partition coefficient (Wildman–Crippen LogP) is 3.51. The molecular weight excluding hydrogens is 298 g/mol. The van der Waals surface area contributed by atoms with E-state index in [4.69, 9.17) is 0 Å². The minimum atomic E-state index is -0.661. The smallest absolute Gasteiger partial charge is 0.253 e. The molecule has 1 N–H and O–H groups in total. The van der Waals surface area contributed by atoms with Crippen LogP contribution in [0, 0.1) is 23.7 Å². The first-order chi connectivity index (χ1) is 11.4. The standard InChI is InChI=1S/C21H29NO2/c1-21(2,24)9-8-14-4-3-5-17(10-14)20(23)22-12-18-15-6-7-16(11-15)19(18)13-22/h3-5,10,15-16,18-19,24H,6-9,11-13H2,1-2H3/t15-,16+,18-,19+. The maximum atomic E-state index is 12.9. The third-order valence-electron chi connectivity index (χ3n) is 6.62. The van der Waals surface area contributed by atoms with Crippen LogP contribution in [0.1, 0.15) is 55.5 Å². The Morgan fingerprint density at radius 3 is 2.50 bits per heavy atom. The molecule has 1 amide bonds. The molecule has 3 fully saturated rings. The van der Waals surface area contributed by atoms with Crippen molar-refractivity contribution >= 4 is 5.91 Å². The van der Waals surface area contributed by atoms with Crippen LogP contribution in [0.15, 0.2) is 24.3 Å². The van der Waals surface area contributed by atoms with E-state index < -0.39 is 5.60 Å². The van der Waals surface area contributed by atoms with Gasteiger partial charge in [-0.25, -0.2) is 0 Å². The number of rotatable bonds is 4. The molecule has 0 unspecified atom stereocenters. The molecule has 0 radical (unpaired) electrons. The molecule has 4 atom stereocenters. The van der Waals surface area contributed by atoms with E-state index in [1.54, 1.807) is 0 Å². The van der Waals surface area contributed by atoms with E-state index in [9.17, 15) is 9.90 Å². The van der Waals surface area contributed by atoms with Gasteiger partial charge in [0.05, 0.1) is 5.60 Å². The highest BCUT2D eigenvalue weighted by molar-refractivity contribution is 5.94. The number of hydrogen-bond donors (Lipinski definition) is 1. The number of amides is 1. The average Bonchev–Trinajstić information content (AvgIpc) is 3.24. The quantitative estimate of drug-likeness (QED) is 0.919. The van der Waals surface area contributed by atoms with Crippen LogP contribution < -0.4 is 0 Å². The SMILES string of the molecule is CC(C)(O)CCc1cccc(C(=O)N2C[C@@H]3[C@@H]4CC[C@@H](C4)[C@@H]3C2)c1. The Labute approximate surface area is 145 Å². The van der Waals surface area contributed by atoms with E-state index in [1.165, 1.54) is 19.3 Å². The first-order valence-corrected chi connectivity index (χ1v) is 9.51. The molecule has 2 bridgehead atoms.